The average Bonchev–Trinajstić information content (AvgIpc) is 2.97. The van der Waals surface area contributed by atoms with Crippen LogP contribution < -0.4 is 16.6 Å². The fourth-order valence-electron chi connectivity index (χ4n) is 2.02. The third-order valence-corrected chi connectivity index (χ3v) is 3.11. The largest absolute Gasteiger partial charge is 0.319 e. The summed E-state index contributed by atoms with van der Waals surface area (Å²) >= 11 is 0. The zero-order valence-corrected chi connectivity index (χ0v) is 11.7. The van der Waals surface area contributed by atoms with Gasteiger partial charge in [-0.05, 0) is 12.1 Å². The van der Waals surface area contributed by atoms with Gasteiger partial charge in [0, 0.05) is 0 Å². The van der Waals surface area contributed by atoms with Crippen LogP contribution in [0.15, 0.2) is 42.9 Å². The molecule has 1 aromatic carbocycles. The van der Waals surface area contributed by atoms with Crippen molar-refractivity contribution in [2.75, 3.05) is 5.32 Å². The van der Waals surface area contributed by atoms with Gasteiger partial charge in [0.05, 0.1) is 29.8 Å². The minimum absolute atomic E-state index is 0.0868. The van der Waals surface area contributed by atoms with Gasteiger partial charge >= 0.3 is 0 Å². The Labute approximate surface area is 129 Å². The summed E-state index contributed by atoms with van der Waals surface area (Å²) in [6, 6.07) is 5.62. The highest BCUT2D eigenvalue weighted by Crippen LogP contribution is 2.14. The lowest BCUT2D eigenvalue weighted by molar-refractivity contribution is 0.0954. The molecule has 116 valence electrons. The number of aromatic nitrogens is 3. The molecule has 2 amide bonds. The smallest absolute Gasteiger partial charge is 0.270 e. The van der Waals surface area contributed by atoms with Crippen molar-refractivity contribution in [2.24, 2.45) is 5.84 Å². The molecule has 0 spiro atoms. The molecule has 2 aromatic heterocycles. The molecule has 0 radical (unpaired) electrons. The third-order valence-electron chi connectivity index (χ3n) is 3.11. The number of benzene rings is 1. The first-order valence-corrected chi connectivity index (χ1v) is 6.50. The van der Waals surface area contributed by atoms with Crippen molar-refractivity contribution in [3.8, 4) is 0 Å². The highest BCUT2D eigenvalue weighted by molar-refractivity contribution is 6.04. The predicted octanol–water partition coefficient (Wildman–Crippen LogP) is 0.724. The summed E-state index contributed by atoms with van der Waals surface area (Å²) in [5, 5.41) is 6.47. The van der Waals surface area contributed by atoms with Crippen molar-refractivity contribution < 1.29 is 14.0 Å². The van der Waals surface area contributed by atoms with Crippen LogP contribution in [-0.2, 0) is 0 Å². The number of nitrogens with one attached hydrogen (secondary N) is 2. The second-order valence-electron chi connectivity index (χ2n) is 4.58. The summed E-state index contributed by atoms with van der Waals surface area (Å²) in [6.45, 7) is 0. The van der Waals surface area contributed by atoms with Gasteiger partial charge in [-0.25, -0.2) is 19.7 Å². The summed E-state index contributed by atoms with van der Waals surface area (Å²) in [6.07, 6.45) is 4.09. The summed E-state index contributed by atoms with van der Waals surface area (Å²) in [4.78, 5) is 27.6. The van der Waals surface area contributed by atoms with Crippen molar-refractivity contribution in [3.63, 3.8) is 0 Å². The third kappa shape index (κ3) is 2.72. The number of hydrazine groups is 1. The van der Waals surface area contributed by atoms with E-state index in [0.717, 1.165) is 0 Å². The maximum atomic E-state index is 13.6. The molecule has 0 saturated heterocycles. The Balaban J connectivity index is 1.88. The van der Waals surface area contributed by atoms with Crippen molar-refractivity contribution >= 4 is 23.1 Å². The van der Waals surface area contributed by atoms with Gasteiger partial charge < -0.3 is 5.32 Å². The zero-order chi connectivity index (χ0) is 16.4. The van der Waals surface area contributed by atoms with E-state index in [-0.39, 0.29) is 16.8 Å². The molecule has 0 aliphatic heterocycles. The number of hydrogen-bond donors (Lipinski definition) is 3. The van der Waals surface area contributed by atoms with Gasteiger partial charge in [-0.2, -0.15) is 5.10 Å². The van der Waals surface area contributed by atoms with Gasteiger partial charge in [0.25, 0.3) is 11.8 Å². The lowest BCUT2D eigenvalue weighted by Crippen LogP contribution is -2.29. The highest BCUT2D eigenvalue weighted by Gasteiger charge is 2.15. The molecular formula is C14H11FN6O2. The molecule has 0 unspecified atom stereocenters. The number of rotatable bonds is 3. The van der Waals surface area contributed by atoms with Crippen molar-refractivity contribution in [1.29, 1.82) is 0 Å². The fourth-order valence-corrected chi connectivity index (χ4v) is 2.02. The summed E-state index contributed by atoms with van der Waals surface area (Å²) in [7, 11) is 0. The number of amides is 2. The number of nitrogens with two attached hydrogens (primary N) is 1. The Hall–Kier alpha value is -3.33. The molecule has 4 N–H and O–H groups in total. The van der Waals surface area contributed by atoms with Crippen molar-refractivity contribution in [3.05, 3.63) is 59.8 Å². The van der Waals surface area contributed by atoms with Crippen LogP contribution in [-0.4, -0.2) is 26.4 Å². The van der Waals surface area contributed by atoms with Gasteiger partial charge in [-0.1, -0.05) is 12.1 Å². The van der Waals surface area contributed by atoms with Gasteiger partial charge in [0.1, 0.15) is 11.4 Å². The van der Waals surface area contributed by atoms with E-state index >= 15 is 0 Å². The van der Waals surface area contributed by atoms with E-state index in [9.17, 15) is 14.0 Å². The monoisotopic (exact) mass is 314 g/mol. The highest BCUT2D eigenvalue weighted by atomic mass is 19.1. The van der Waals surface area contributed by atoms with Crippen LogP contribution >= 0.6 is 0 Å². The van der Waals surface area contributed by atoms with Crippen molar-refractivity contribution in [2.45, 2.75) is 0 Å². The Morgan fingerprint density at radius 1 is 1.13 bits per heavy atom. The molecule has 3 aromatic rings. The van der Waals surface area contributed by atoms with Crippen LogP contribution in [0.3, 0.4) is 0 Å². The molecule has 0 aliphatic rings. The lowest BCUT2D eigenvalue weighted by atomic mass is 10.2. The minimum Gasteiger partial charge on any atom is -0.319 e. The SMILES string of the molecule is NNC(=O)c1cnn2cc(NC(=O)c3ccccc3F)cnc12. The fraction of sp³-hybridized carbons (Fsp3) is 0. The Kier molecular flexibility index (Phi) is 3.69. The van der Waals surface area contributed by atoms with E-state index in [1.165, 1.54) is 41.3 Å². The van der Waals surface area contributed by atoms with Crippen LogP contribution in [0.4, 0.5) is 10.1 Å². The quantitative estimate of drug-likeness (QED) is 0.374. The van der Waals surface area contributed by atoms with Crippen LogP contribution in [0.2, 0.25) is 0 Å². The summed E-state index contributed by atoms with van der Waals surface area (Å²) in [5.41, 5.74) is 2.67. The molecule has 3 rings (SSSR count). The maximum absolute atomic E-state index is 13.6. The molecule has 0 fully saturated rings. The second-order valence-corrected chi connectivity index (χ2v) is 4.58. The first-order chi connectivity index (χ1) is 11.1. The van der Waals surface area contributed by atoms with E-state index in [1.54, 1.807) is 6.07 Å². The number of halogens is 1. The lowest BCUT2D eigenvalue weighted by Gasteiger charge is -2.06. The molecule has 0 bridgehead atoms. The van der Waals surface area contributed by atoms with Crippen LogP contribution in [0.1, 0.15) is 20.7 Å². The first-order valence-electron chi connectivity index (χ1n) is 6.50. The molecule has 0 aliphatic carbocycles. The molecule has 9 heteroatoms. The van der Waals surface area contributed by atoms with Gasteiger partial charge in [0.15, 0.2) is 5.65 Å². The first kappa shape index (κ1) is 14.6. The zero-order valence-electron chi connectivity index (χ0n) is 11.7. The normalized spacial score (nSPS) is 10.5. The molecular weight excluding hydrogens is 303 g/mol. The molecule has 2 heterocycles. The Morgan fingerprint density at radius 2 is 1.91 bits per heavy atom. The molecule has 0 atom stereocenters. The van der Waals surface area contributed by atoms with Crippen LogP contribution in [0.25, 0.3) is 5.65 Å². The molecule has 8 nitrogen and oxygen atoms in total. The van der Waals surface area contributed by atoms with Gasteiger partial charge in [0.2, 0.25) is 0 Å². The Morgan fingerprint density at radius 3 is 2.65 bits per heavy atom. The van der Waals surface area contributed by atoms with E-state index < -0.39 is 17.6 Å². The number of nitrogens with zero attached hydrogens (tertiary/aromatic N) is 3. The van der Waals surface area contributed by atoms with Gasteiger partial charge in [-0.3, -0.25) is 15.0 Å². The maximum Gasteiger partial charge on any atom is 0.270 e. The standard InChI is InChI=1S/C14H11FN6O2/c15-11-4-2-1-3-9(11)13(22)19-8-5-17-12-10(14(23)20-16)6-18-21(12)7-8/h1-7H,16H2,(H,19,22)(H,20,23). The number of carbonyl (C=O) groups is 2. The minimum atomic E-state index is -0.625. The second kappa shape index (κ2) is 5.81. The van der Waals surface area contributed by atoms with E-state index in [0.29, 0.717) is 5.69 Å². The summed E-state index contributed by atoms with van der Waals surface area (Å²) < 4.78 is 14.9. The molecule has 23 heavy (non-hydrogen) atoms. The van der Waals surface area contributed by atoms with Crippen LogP contribution in [0, 0.1) is 5.82 Å². The number of hydrogen-bond acceptors (Lipinski definition) is 5. The number of carbonyl (C=O) groups excluding carboxylic acids is 2. The number of nitrogen functional groups attached to an aromatic ring is 1. The topological polar surface area (TPSA) is 114 Å². The van der Waals surface area contributed by atoms with E-state index in [2.05, 4.69) is 15.4 Å². The predicted molar refractivity (Wildman–Crippen MR) is 79.0 cm³/mol. The average molecular weight is 314 g/mol. The number of fused-ring (bicyclic) bond motifs is 1. The van der Waals surface area contributed by atoms with Gasteiger partial charge in [-0.15, -0.1) is 0 Å². The van der Waals surface area contributed by atoms with Crippen molar-refractivity contribution in [1.82, 2.24) is 20.0 Å². The summed E-state index contributed by atoms with van der Waals surface area (Å²) in [5.74, 6) is 3.30. The van der Waals surface area contributed by atoms with Crippen LogP contribution in [0.5, 0.6) is 0 Å². The Bertz CT molecular complexity index is 907. The molecule has 0 saturated carbocycles. The number of anilines is 1. The van der Waals surface area contributed by atoms with E-state index in [1.807, 2.05) is 5.43 Å². The van der Waals surface area contributed by atoms with E-state index in [4.69, 9.17) is 5.84 Å².